The monoisotopic (exact) mass is 501 g/mol. The lowest BCUT2D eigenvalue weighted by Gasteiger charge is -2.26. The minimum atomic E-state index is -0.886. The number of hydrogen-bond acceptors (Lipinski definition) is 6. The van der Waals surface area contributed by atoms with E-state index in [2.05, 4.69) is 20.9 Å². The predicted molar refractivity (Wildman–Crippen MR) is 137 cm³/mol. The second kappa shape index (κ2) is 10.8. The number of methoxy groups -OCH3 is 1. The lowest BCUT2D eigenvalue weighted by atomic mass is 10.1. The van der Waals surface area contributed by atoms with E-state index >= 15 is 0 Å². The molecule has 0 aliphatic carbocycles. The second-order valence-corrected chi connectivity index (χ2v) is 8.89. The third-order valence-corrected chi connectivity index (χ3v) is 5.54. The highest BCUT2D eigenvalue weighted by atomic mass is 16.5. The van der Waals surface area contributed by atoms with Crippen LogP contribution in [-0.4, -0.2) is 46.5 Å². The van der Waals surface area contributed by atoms with Gasteiger partial charge < -0.3 is 29.7 Å². The lowest BCUT2D eigenvalue weighted by Crippen LogP contribution is -2.54. The van der Waals surface area contributed by atoms with Gasteiger partial charge in [-0.05, 0) is 62.4 Å². The fourth-order valence-corrected chi connectivity index (χ4v) is 3.61. The van der Waals surface area contributed by atoms with Crippen molar-refractivity contribution in [2.75, 3.05) is 19.0 Å². The van der Waals surface area contributed by atoms with Crippen LogP contribution in [0.2, 0.25) is 0 Å². The van der Waals surface area contributed by atoms with Crippen molar-refractivity contribution in [2.24, 2.45) is 0 Å². The number of rotatable bonds is 8. The van der Waals surface area contributed by atoms with Gasteiger partial charge >= 0.3 is 11.8 Å². The number of anilines is 1. The highest BCUT2D eigenvalue weighted by Gasteiger charge is 2.25. The van der Waals surface area contributed by atoms with Crippen molar-refractivity contribution in [3.63, 3.8) is 0 Å². The molecular weight excluding hydrogens is 474 g/mol. The lowest BCUT2D eigenvalue weighted by molar-refractivity contribution is -0.137. The van der Waals surface area contributed by atoms with Crippen molar-refractivity contribution < 1.29 is 23.5 Å². The first-order valence-electron chi connectivity index (χ1n) is 11.5. The minimum absolute atomic E-state index is 0.115. The highest BCUT2D eigenvalue weighted by molar-refractivity contribution is 6.39. The van der Waals surface area contributed by atoms with Gasteiger partial charge in [0.25, 0.3) is 5.91 Å². The summed E-state index contributed by atoms with van der Waals surface area (Å²) in [5, 5.41) is 8.00. The van der Waals surface area contributed by atoms with Gasteiger partial charge in [-0.25, -0.2) is 4.98 Å². The Kier molecular flexibility index (Phi) is 7.38. The van der Waals surface area contributed by atoms with E-state index in [0.29, 0.717) is 28.3 Å². The van der Waals surface area contributed by atoms with Crippen molar-refractivity contribution in [3.05, 3.63) is 85.1 Å². The van der Waals surface area contributed by atoms with E-state index in [1.54, 1.807) is 50.4 Å². The van der Waals surface area contributed by atoms with Gasteiger partial charge in [0.1, 0.15) is 5.75 Å². The largest absolute Gasteiger partial charge is 0.496 e. The molecule has 0 saturated heterocycles. The van der Waals surface area contributed by atoms with Gasteiger partial charge in [0, 0.05) is 41.9 Å². The van der Waals surface area contributed by atoms with Crippen molar-refractivity contribution in [1.82, 2.24) is 20.2 Å². The van der Waals surface area contributed by atoms with Gasteiger partial charge in [-0.15, -0.1) is 0 Å². The molecule has 2 heterocycles. The molecule has 0 atom stereocenters. The van der Waals surface area contributed by atoms with E-state index < -0.39 is 17.4 Å². The molecule has 10 heteroatoms. The number of benzene rings is 2. The van der Waals surface area contributed by atoms with Gasteiger partial charge in [-0.1, -0.05) is 0 Å². The number of nitrogens with zero attached hydrogens (tertiary/aromatic N) is 2. The first kappa shape index (κ1) is 25.2. The summed E-state index contributed by atoms with van der Waals surface area (Å²) in [7, 11) is 1.49. The molecule has 190 valence electrons. The average molecular weight is 502 g/mol. The van der Waals surface area contributed by atoms with E-state index in [1.165, 1.54) is 13.5 Å². The number of hydrogen-bond donors (Lipinski definition) is 3. The molecule has 0 spiro atoms. The first-order valence-corrected chi connectivity index (χ1v) is 11.5. The molecule has 2 aromatic carbocycles. The summed E-state index contributed by atoms with van der Waals surface area (Å²) in [5.74, 6) is -1.03. The number of oxazole rings is 1. The summed E-state index contributed by atoms with van der Waals surface area (Å²) in [6.07, 6.45) is 6.68. The highest BCUT2D eigenvalue weighted by Crippen LogP contribution is 2.32. The third-order valence-electron chi connectivity index (χ3n) is 5.54. The van der Waals surface area contributed by atoms with E-state index in [9.17, 15) is 14.4 Å². The van der Waals surface area contributed by atoms with Crippen LogP contribution in [0.5, 0.6) is 5.75 Å². The number of aromatic nitrogens is 2. The van der Waals surface area contributed by atoms with Crippen LogP contribution in [0, 0.1) is 0 Å². The zero-order valence-corrected chi connectivity index (χ0v) is 20.6. The molecular formula is C27H27N5O5. The quantitative estimate of drug-likeness (QED) is 0.318. The Morgan fingerprint density at radius 2 is 1.76 bits per heavy atom. The topological polar surface area (TPSA) is 127 Å². The van der Waals surface area contributed by atoms with Gasteiger partial charge in [0.2, 0.25) is 0 Å². The Balaban J connectivity index is 1.31. The number of nitrogens with one attached hydrogen (secondary N) is 3. The van der Waals surface area contributed by atoms with Crippen molar-refractivity contribution in [2.45, 2.75) is 19.4 Å². The first-order chi connectivity index (χ1) is 17.8. The molecule has 37 heavy (non-hydrogen) atoms. The van der Waals surface area contributed by atoms with Gasteiger partial charge in [-0.3, -0.25) is 14.4 Å². The van der Waals surface area contributed by atoms with Crippen LogP contribution >= 0.6 is 0 Å². The molecule has 10 nitrogen and oxygen atoms in total. The Bertz CT molecular complexity index is 1380. The van der Waals surface area contributed by atoms with Gasteiger partial charge in [0.05, 0.1) is 24.4 Å². The van der Waals surface area contributed by atoms with Crippen molar-refractivity contribution in [1.29, 1.82) is 0 Å². The predicted octanol–water partition coefficient (Wildman–Crippen LogP) is 3.40. The number of carbonyl (C=O) groups is 3. The molecule has 0 aliphatic heterocycles. The Hall–Kier alpha value is -4.86. The van der Waals surface area contributed by atoms with Crippen LogP contribution in [0.3, 0.4) is 0 Å². The third kappa shape index (κ3) is 6.23. The molecule has 4 rings (SSSR count). The smallest absolute Gasteiger partial charge is 0.313 e. The summed E-state index contributed by atoms with van der Waals surface area (Å²) in [6, 6.07) is 15.9. The van der Waals surface area contributed by atoms with E-state index in [-0.39, 0.29) is 12.5 Å². The summed E-state index contributed by atoms with van der Waals surface area (Å²) in [6.45, 7) is 3.54. The Morgan fingerprint density at radius 1 is 1.03 bits per heavy atom. The molecule has 0 aliphatic rings. The molecule has 0 radical (unpaired) electrons. The average Bonchev–Trinajstić information content (AvgIpc) is 3.62. The van der Waals surface area contributed by atoms with E-state index in [0.717, 1.165) is 5.69 Å². The minimum Gasteiger partial charge on any atom is -0.496 e. The fraction of sp³-hybridized carbons (Fsp3) is 0.185. The zero-order chi connectivity index (χ0) is 26.4. The van der Waals surface area contributed by atoms with Gasteiger partial charge in [-0.2, -0.15) is 0 Å². The number of amides is 3. The fourth-order valence-electron chi connectivity index (χ4n) is 3.61. The zero-order valence-electron chi connectivity index (χ0n) is 20.6. The summed E-state index contributed by atoms with van der Waals surface area (Å²) in [4.78, 5) is 41.5. The van der Waals surface area contributed by atoms with Gasteiger partial charge in [0.15, 0.2) is 12.2 Å². The second-order valence-electron chi connectivity index (χ2n) is 8.89. The van der Waals surface area contributed by atoms with Crippen LogP contribution in [0.1, 0.15) is 24.2 Å². The SMILES string of the molecule is COc1cc(NC(=O)C(=O)NC(C)(C)CNC(=O)c2ccc(-n3cccc3)cc2)ccc1-c1cnco1. The summed E-state index contributed by atoms with van der Waals surface area (Å²) < 4.78 is 12.6. The molecule has 0 unspecified atom stereocenters. The van der Waals surface area contributed by atoms with Crippen molar-refractivity contribution in [3.8, 4) is 22.8 Å². The van der Waals surface area contributed by atoms with Crippen LogP contribution in [-0.2, 0) is 9.59 Å². The number of carbonyl (C=O) groups excluding carboxylic acids is 3. The molecule has 2 aromatic heterocycles. The molecule has 0 bridgehead atoms. The maximum absolute atomic E-state index is 12.6. The van der Waals surface area contributed by atoms with Crippen molar-refractivity contribution >= 4 is 23.4 Å². The molecule has 0 fully saturated rings. The molecule has 3 amide bonds. The Morgan fingerprint density at radius 3 is 2.41 bits per heavy atom. The Labute approximate surface area is 213 Å². The summed E-state index contributed by atoms with van der Waals surface area (Å²) in [5.41, 5.74) is 1.56. The normalized spacial score (nSPS) is 11.0. The van der Waals surface area contributed by atoms with Crippen LogP contribution in [0.15, 0.2) is 84.0 Å². The van der Waals surface area contributed by atoms with Crippen LogP contribution < -0.4 is 20.7 Å². The van der Waals surface area contributed by atoms with E-state index in [4.69, 9.17) is 9.15 Å². The van der Waals surface area contributed by atoms with E-state index in [1.807, 2.05) is 41.2 Å². The standard InChI is InChI=1S/C27H27N5O5/c1-27(2,16-29-24(33)18-6-9-20(10-7-18)32-12-4-5-13-32)31-26(35)25(34)30-19-8-11-21(22(14-19)36-3)23-15-28-17-37-23/h4-15,17H,16H2,1-3H3,(H,29,33)(H,30,34)(H,31,35). The molecule has 0 saturated carbocycles. The maximum atomic E-state index is 12.6. The summed E-state index contributed by atoms with van der Waals surface area (Å²) >= 11 is 0. The number of ether oxygens (including phenoxy) is 1. The van der Waals surface area contributed by atoms with Crippen LogP contribution in [0.25, 0.3) is 17.0 Å². The molecule has 4 aromatic rings. The molecule has 3 N–H and O–H groups in total. The maximum Gasteiger partial charge on any atom is 0.313 e. The van der Waals surface area contributed by atoms with Crippen LogP contribution in [0.4, 0.5) is 5.69 Å².